The molecule has 4 N–H and O–H groups in total. The number of unbranched alkanes of at least 4 members (excludes halogenated alkanes) is 1. The number of fused-ring (bicyclic) bond motifs is 3. The number of para-hydroxylation sites is 1. The highest BCUT2D eigenvalue weighted by atomic mass is 16.5. The van der Waals surface area contributed by atoms with Gasteiger partial charge in [-0.25, -0.2) is 14.8 Å². The van der Waals surface area contributed by atoms with Gasteiger partial charge in [-0.15, -0.1) is 5.10 Å². The minimum absolute atomic E-state index is 0.339. The highest BCUT2D eigenvalue weighted by Crippen LogP contribution is 2.26. The minimum atomic E-state index is -0.970. The summed E-state index contributed by atoms with van der Waals surface area (Å²) in [5.74, 6) is 0.972. The van der Waals surface area contributed by atoms with Crippen LogP contribution in [0, 0.1) is 0 Å². The number of rotatable bonds is 10. The number of hydrogen-bond acceptors (Lipinski definition) is 7. The molecule has 4 aromatic rings. The minimum Gasteiger partial charge on any atom is -0.497 e. The Balaban J connectivity index is 1.61. The zero-order valence-electron chi connectivity index (χ0n) is 22.0. The predicted molar refractivity (Wildman–Crippen MR) is 145 cm³/mol. The van der Waals surface area contributed by atoms with Crippen molar-refractivity contribution in [2.24, 2.45) is 5.73 Å². The number of nitrogens with zero attached hydrogens (tertiary/aromatic N) is 5. The average molecular weight is 520 g/mol. The molecule has 0 saturated carbocycles. The van der Waals surface area contributed by atoms with E-state index < -0.39 is 23.6 Å². The number of ether oxygens (including phenoxy) is 1. The fraction of sp³-hybridized carbons (Fsp3) is 0.370. The summed E-state index contributed by atoms with van der Waals surface area (Å²) in [6.07, 6.45) is 0.603. The van der Waals surface area contributed by atoms with E-state index in [1.807, 2.05) is 69.3 Å². The number of aromatic nitrogens is 4. The van der Waals surface area contributed by atoms with Crippen molar-refractivity contribution in [3.05, 3.63) is 48.5 Å². The molecule has 4 rings (SSSR count). The van der Waals surface area contributed by atoms with Gasteiger partial charge in [-0.1, -0.05) is 24.3 Å². The van der Waals surface area contributed by atoms with Crippen molar-refractivity contribution in [1.82, 2.24) is 24.5 Å². The lowest BCUT2D eigenvalue weighted by Gasteiger charge is -2.33. The van der Waals surface area contributed by atoms with Gasteiger partial charge in [-0.2, -0.15) is 4.52 Å². The third-order valence-corrected chi connectivity index (χ3v) is 6.32. The van der Waals surface area contributed by atoms with Gasteiger partial charge >= 0.3 is 6.09 Å². The average Bonchev–Trinajstić information content (AvgIpc) is 3.33. The molecule has 0 aliphatic heterocycles. The summed E-state index contributed by atoms with van der Waals surface area (Å²) in [5, 5.41) is 18.2. The molecule has 2 aromatic heterocycles. The number of carbonyl (C=O) groups excluding carboxylic acids is 1. The van der Waals surface area contributed by atoms with Crippen LogP contribution in [-0.2, 0) is 4.79 Å². The van der Waals surface area contributed by atoms with E-state index in [1.54, 1.807) is 11.6 Å². The van der Waals surface area contributed by atoms with Crippen molar-refractivity contribution < 1.29 is 19.4 Å². The zero-order valence-corrected chi connectivity index (χ0v) is 22.0. The highest BCUT2D eigenvalue weighted by Gasteiger charge is 2.26. The lowest BCUT2D eigenvalue weighted by atomic mass is 10.0. The van der Waals surface area contributed by atoms with Crippen LogP contribution in [0.5, 0.6) is 5.75 Å². The van der Waals surface area contributed by atoms with E-state index in [9.17, 15) is 14.7 Å². The highest BCUT2D eigenvalue weighted by molar-refractivity contribution is 5.93. The molecule has 0 radical (unpaired) electrons. The van der Waals surface area contributed by atoms with Gasteiger partial charge in [-0.05, 0) is 64.3 Å². The van der Waals surface area contributed by atoms with E-state index in [0.717, 1.165) is 10.9 Å². The standard InChI is InChI=1S/C27H33N7O4/c1-27(2,3)33(26(36)37)15-8-7-14-21(22(28)35)30-25-29-20-13-6-5-12-19(20)24-31-23(32-34(24)25)17-10-9-11-18(16-17)38-4/h5-6,9-13,16,21H,7-8,14-15H2,1-4H3,(H2,28,35)(H,29,30)(H,36,37)/t21-/m0/s1. The Morgan fingerprint density at radius 1 is 1.13 bits per heavy atom. The Morgan fingerprint density at radius 3 is 2.58 bits per heavy atom. The van der Waals surface area contributed by atoms with Crippen LogP contribution in [0.15, 0.2) is 48.5 Å². The van der Waals surface area contributed by atoms with Crippen molar-refractivity contribution in [3.63, 3.8) is 0 Å². The molecule has 38 heavy (non-hydrogen) atoms. The number of nitrogens with one attached hydrogen (secondary N) is 1. The molecule has 200 valence electrons. The summed E-state index contributed by atoms with van der Waals surface area (Å²) in [4.78, 5) is 34.8. The normalized spacial score (nSPS) is 12.4. The van der Waals surface area contributed by atoms with Crippen LogP contribution < -0.4 is 15.8 Å². The number of amides is 2. The molecular formula is C27H33N7O4. The van der Waals surface area contributed by atoms with E-state index in [-0.39, 0.29) is 0 Å². The van der Waals surface area contributed by atoms with E-state index >= 15 is 0 Å². The SMILES string of the molecule is COc1cccc(-c2nc3c4ccccc4nc(N[C@@H](CCCCN(C(=O)O)C(C)(C)C)C(N)=O)n3n2)c1. The third kappa shape index (κ3) is 5.77. The summed E-state index contributed by atoms with van der Waals surface area (Å²) in [5.41, 5.74) is 7.27. The second-order valence-electron chi connectivity index (χ2n) is 10.1. The van der Waals surface area contributed by atoms with Gasteiger partial charge in [0.05, 0.1) is 12.6 Å². The maximum absolute atomic E-state index is 12.4. The fourth-order valence-corrected chi connectivity index (χ4v) is 4.31. The van der Waals surface area contributed by atoms with Gasteiger partial charge in [0.15, 0.2) is 11.5 Å². The number of hydrogen-bond donors (Lipinski definition) is 3. The Kier molecular flexibility index (Phi) is 7.65. The quantitative estimate of drug-likeness (QED) is 0.264. The van der Waals surface area contributed by atoms with Crippen LogP contribution in [0.3, 0.4) is 0 Å². The summed E-state index contributed by atoms with van der Waals surface area (Å²) >= 11 is 0. The Labute approximate surface area is 220 Å². The van der Waals surface area contributed by atoms with Crippen LogP contribution in [-0.4, -0.2) is 66.8 Å². The topological polar surface area (TPSA) is 148 Å². The van der Waals surface area contributed by atoms with Gasteiger partial charge < -0.3 is 25.8 Å². The summed E-state index contributed by atoms with van der Waals surface area (Å²) in [6.45, 7) is 5.91. The van der Waals surface area contributed by atoms with Gasteiger partial charge in [0, 0.05) is 23.0 Å². The molecule has 0 aliphatic rings. The predicted octanol–water partition coefficient (Wildman–Crippen LogP) is 4.17. The molecule has 2 amide bonds. The van der Waals surface area contributed by atoms with Gasteiger partial charge in [0.2, 0.25) is 11.9 Å². The zero-order chi connectivity index (χ0) is 27.4. The van der Waals surface area contributed by atoms with Gasteiger partial charge in [-0.3, -0.25) is 4.79 Å². The molecule has 1 atom stereocenters. The van der Waals surface area contributed by atoms with Gasteiger partial charge in [0.25, 0.3) is 0 Å². The number of primary amides is 1. The third-order valence-electron chi connectivity index (χ3n) is 6.32. The first-order valence-electron chi connectivity index (χ1n) is 12.4. The molecule has 2 aromatic carbocycles. The summed E-state index contributed by atoms with van der Waals surface area (Å²) < 4.78 is 6.92. The number of benzene rings is 2. The van der Waals surface area contributed by atoms with Crippen molar-refractivity contribution in [1.29, 1.82) is 0 Å². The van der Waals surface area contributed by atoms with E-state index in [2.05, 4.69) is 10.4 Å². The van der Waals surface area contributed by atoms with Crippen LogP contribution in [0.2, 0.25) is 0 Å². The van der Waals surface area contributed by atoms with Crippen molar-refractivity contribution in [2.45, 2.75) is 51.6 Å². The van der Waals surface area contributed by atoms with Crippen LogP contribution in [0.1, 0.15) is 40.0 Å². The molecule has 0 bridgehead atoms. The van der Waals surface area contributed by atoms with Crippen LogP contribution in [0.25, 0.3) is 27.9 Å². The maximum Gasteiger partial charge on any atom is 0.407 e. The molecule has 0 spiro atoms. The second kappa shape index (κ2) is 10.9. The van der Waals surface area contributed by atoms with Crippen molar-refractivity contribution >= 4 is 34.5 Å². The molecule has 0 saturated heterocycles. The number of carbonyl (C=O) groups is 2. The van der Waals surface area contributed by atoms with Crippen LogP contribution >= 0.6 is 0 Å². The molecule has 11 nitrogen and oxygen atoms in total. The first kappa shape index (κ1) is 26.6. The van der Waals surface area contributed by atoms with E-state index in [1.165, 1.54) is 4.90 Å². The molecule has 0 aliphatic carbocycles. The lowest BCUT2D eigenvalue weighted by Crippen LogP contribution is -2.45. The molecule has 2 heterocycles. The monoisotopic (exact) mass is 519 g/mol. The molecule has 0 fully saturated rings. The molecule has 11 heteroatoms. The first-order chi connectivity index (χ1) is 18.1. The smallest absolute Gasteiger partial charge is 0.407 e. The number of anilines is 1. The summed E-state index contributed by atoms with van der Waals surface area (Å²) in [7, 11) is 1.60. The van der Waals surface area contributed by atoms with Crippen LogP contribution in [0.4, 0.5) is 10.7 Å². The fourth-order valence-electron chi connectivity index (χ4n) is 4.31. The first-order valence-corrected chi connectivity index (χ1v) is 12.4. The molecular weight excluding hydrogens is 486 g/mol. The Hall–Kier alpha value is -4.41. The lowest BCUT2D eigenvalue weighted by molar-refractivity contribution is -0.118. The van der Waals surface area contributed by atoms with Crippen molar-refractivity contribution in [3.8, 4) is 17.1 Å². The van der Waals surface area contributed by atoms with E-state index in [0.29, 0.717) is 54.5 Å². The number of nitrogens with two attached hydrogens (primary N) is 1. The Bertz CT molecular complexity index is 1460. The maximum atomic E-state index is 12.4. The second-order valence-corrected chi connectivity index (χ2v) is 10.1. The number of carboxylic acid groups (broad SMARTS) is 1. The van der Waals surface area contributed by atoms with Gasteiger partial charge in [0.1, 0.15) is 11.8 Å². The summed E-state index contributed by atoms with van der Waals surface area (Å²) in [6, 6.07) is 14.3. The van der Waals surface area contributed by atoms with E-state index in [4.69, 9.17) is 20.4 Å². The Morgan fingerprint density at radius 2 is 1.89 bits per heavy atom. The van der Waals surface area contributed by atoms with Crippen molar-refractivity contribution in [2.75, 3.05) is 19.0 Å². The largest absolute Gasteiger partial charge is 0.497 e. The molecule has 0 unspecified atom stereocenters. The number of methoxy groups -OCH3 is 1.